The maximum Gasteiger partial charge on any atom is 0.267 e. The van der Waals surface area contributed by atoms with Crippen molar-refractivity contribution in [1.29, 1.82) is 0 Å². The molecule has 1 amide bonds. The smallest absolute Gasteiger partial charge is 0.267 e. The molecule has 1 aromatic carbocycles. The van der Waals surface area contributed by atoms with E-state index in [0.717, 1.165) is 49.4 Å². The highest BCUT2D eigenvalue weighted by Crippen LogP contribution is 2.41. The van der Waals surface area contributed by atoms with E-state index in [1.165, 1.54) is 5.56 Å². The number of ketones is 1. The topological polar surface area (TPSA) is 63.6 Å². The third kappa shape index (κ3) is 6.78. The van der Waals surface area contributed by atoms with Crippen molar-refractivity contribution in [2.24, 2.45) is 5.41 Å². The third-order valence-corrected chi connectivity index (χ3v) is 7.22. The van der Waals surface area contributed by atoms with Gasteiger partial charge in [0.15, 0.2) is 5.78 Å². The van der Waals surface area contributed by atoms with Crippen LogP contribution < -0.4 is 10.1 Å². The molecule has 0 spiro atoms. The predicted molar refractivity (Wildman–Crippen MR) is 148 cm³/mol. The maximum absolute atomic E-state index is 13.0. The molecule has 0 bridgehead atoms. The first-order valence-corrected chi connectivity index (χ1v) is 13.3. The Kier molecular flexibility index (Phi) is 10.4. The molecule has 0 aliphatic carbocycles. The van der Waals surface area contributed by atoms with Crippen molar-refractivity contribution in [2.75, 3.05) is 33.8 Å². The summed E-state index contributed by atoms with van der Waals surface area (Å²) in [4.78, 5) is 27.5. The van der Waals surface area contributed by atoms with Gasteiger partial charge in [-0.15, -0.1) is 0 Å². The number of aryl methyl sites for hydroxylation is 1. The lowest BCUT2D eigenvalue weighted by atomic mass is 9.72. The Bertz CT molecular complexity index is 1030. The van der Waals surface area contributed by atoms with Crippen molar-refractivity contribution in [1.82, 2.24) is 14.8 Å². The molecule has 0 saturated carbocycles. The SMILES string of the molecule is CCn1c(C(=O)NCCCN(C)C)ccc1C(CC)(CC)c1ccc(OCC(=O)C(C)(C)C)c(C)c1. The average molecular weight is 498 g/mol. The monoisotopic (exact) mass is 497 g/mol. The molecule has 0 unspecified atom stereocenters. The molecule has 0 atom stereocenters. The highest BCUT2D eigenvalue weighted by atomic mass is 16.5. The molecule has 0 aliphatic rings. The van der Waals surface area contributed by atoms with Gasteiger partial charge < -0.3 is 19.5 Å². The minimum absolute atomic E-state index is 0.0218. The Labute approximate surface area is 218 Å². The number of hydrogen-bond acceptors (Lipinski definition) is 4. The van der Waals surface area contributed by atoms with Crippen LogP contribution in [0.3, 0.4) is 0 Å². The van der Waals surface area contributed by atoms with Gasteiger partial charge in [-0.1, -0.05) is 46.8 Å². The number of benzene rings is 1. The third-order valence-electron chi connectivity index (χ3n) is 7.22. The Hall–Kier alpha value is -2.60. The van der Waals surface area contributed by atoms with Crippen LogP contribution in [0.15, 0.2) is 30.3 Å². The molecule has 2 aromatic rings. The summed E-state index contributed by atoms with van der Waals surface area (Å²) >= 11 is 0. The fraction of sp³-hybridized carbons (Fsp3) is 0.600. The van der Waals surface area contributed by atoms with E-state index in [4.69, 9.17) is 4.74 Å². The fourth-order valence-corrected chi connectivity index (χ4v) is 4.75. The van der Waals surface area contributed by atoms with Gasteiger partial charge in [0.25, 0.3) is 5.91 Å². The van der Waals surface area contributed by atoms with Crippen molar-refractivity contribution in [3.63, 3.8) is 0 Å². The van der Waals surface area contributed by atoms with E-state index in [1.54, 1.807) is 0 Å². The molecule has 1 heterocycles. The summed E-state index contributed by atoms with van der Waals surface area (Å²) in [7, 11) is 4.08. The van der Waals surface area contributed by atoms with Crippen molar-refractivity contribution in [3.8, 4) is 5.75 Å². The normalized spacial score (nSPS) is 12.2. The first-order valence-electron chi connectivity index (χ1n) is 13.3. The molecule has 6 nitrogen and oxygen atoms in total. The van der Waals surface area contributed by atoms with Crippen LogP contribution >= 0.6 is 0 Å². The van der Waals surface area contributed by atoms with Crippen LogP contribution in [-0.2, 0) is 16.8 Å². The second-order valence-electron chi connectivity index (χ2n) is 11.0. The molecule has 0 fully saturated rings. The summed E-state index contributed by atoms with van der Waals surface area (Å²) in [5.74, 6) is 0.795. The van der Waals surface area contributed by atoms with Crippen LogP contribution in [0.2, 0.25) is 0 Å². The Morgan fingerprint density at radius 3 is 2.22 bits per heavy atom. The molecule has 0 saturated heterocycles. The van der Waals surface area contributed by atoms with E-state index in [1.807, 2.05) is 53.9 Å². The van der Waals surface area contributed by atoms with Gasteiger partial charge in [-0.25, -0.2) is 0 Å². The quantitative estimate of drug-likeness (QED) is 0.366. The lowest BCUT2D eigenvalue weighted by Crippen LogP contribution is -2.32. The molecule has 0 aliphatic heterocycles. The van der Waals surface area contributed by atoms with Crippen molar-refractivity contribution < 1.29 is 14.3 Å². The summed E-state index contributed by atoms with van der Waals surface area (Å²) in [6, 6.07) is 10.4. The highest BCUT2D eigenvalue weighted by Gasteiger charge is 2.35. The van der Waals surface area contributed by atoms with Crippen LogP contribution in [0.25, 0.3) is 0 Å². The molecule has 36 heavy (non-hydrogen) atoms. The molecule has 1 N–H and O–H groups in total. The Balaban J connectivity index is 2.34. The molecule has 2 rings (SSSR count). The number of nitrogens with zero attached hydrogens (tertiary/aromatic N) is 2. The molecule has 1 aromatic heterocycles. The van der Waals surface area contributed by atoms with E-state index in [0.29, 0.717) is 12.2 Å². The Morgan fingerprint density at radius 2 is 1.69 bits per heavy atom. The first-order chi connectivity index (χ1) is 16.9. The zero-order valence-corrected chi connectivity index (χ0v) is 24.0. The zero-order chi connectivity index (χ0) is 27.1. The highest BCUT2D eigenvalue weighted by molar-refractivity contribution is 5.93. The lowest BCUT2D eigenvalue weighted by Gasteiger charge is -2.34. The van der Waals surface area contributed by atoms with Crippen LogP contribution in [-0.4, -0.2) is 54.9 Å². The van der Waals surface area contributed by atoms with E-state index >= 15 is 0 Å². The van der Waals surface area contributed by atoms with Crippen molar-refractivity contribution in [2.45, 2.75) is 79.7 Å². The molecular formula is C30H47N3O3. The number of aromatic nitrogens is 1. The summed E-state index contributed by atoms with van der Waals surface area (Å²) in [5.41, 5.74) is 3.42. The van der Waals surface area contributed by atoms with Crippen molar-refractivity contribution >= 4 is 11.7 Å². The minimum atomic E-state index is -0.421. The van der Waals surface area contributed by atoms with Crippen LogP contribution in [0.4, 0.5) is 0 Å². The molecular weight excluding hydrogens is 450 g/mol. The number of carbonyl (C=O) groups is 2. The number of amides is 1. The van der Waals surface area contributed by atoms with Gasteiger partial charge in [0.1, 0.15) is 18.1 Å². The number of hydrogen-bond donors (Lipinski definition) is 1. The minimum Gasteiger partial charge on any atom is -0.486 e. The van der Waals surface area contributed by atoms with Crippen molar-refractivity contribution in [3.05, 3.63) is 52.8 Å². The summed E-state index contributed by atoms with van der Waals surface area (Å²) in [5, 5.41) is 3.09. The van der Waals surface area contributed by atoms with Gasteiger partial charge in [0.05, 0.1) is 0 Å². The zero-order valence-electron chi connectivity index (χ0n) is 24.0. The van der Waals surface area contributed by atoms with Gasteiger partial charge in [-0.05, 0) is 83.1 Å². The molecule has 0 radical (unpaired) electrons. The molecule has 200 valence electrons. The number of Topliss-reactive ketones (excluding diaryl/α,β-unsaturated/α-hetero) is 1. The number of carbonyl (C=O) groups excluding carboxylic acids is 2. The van der Waals surface area contributed by atoms with Crippen LogP contribution in [0, 0.1) is 12.3 Å². The summed E-state index contributed by atoms with van der Waals surface area (Å²) < 4.78 is 8.06. The lowest BCUT2D eigenvalue weighted by molar-refractivity contribution is -0.128. The van der Waals surface area contributed by atoms with Gasteiger partial charge >= 0.3 is 0 Å². The number of ether oxygens (including phenoxy) is 1. The van der Waals surface area contributed by atoms with E-state index in [2.05, 4.69) is 53.8 Å². The predicted octanol–water partition coefficient (Wildman–Crippen LogP) is 5.60. The van der Waals surface area contributed by atoms with Gasteiger partial charge in [0, 0.05) is 29.6 Å². The van der Waals surface area contributed by atoms with Gasteiger partial charge in [-0.2, -0.15) is 0 Å². The second-order valence-corrected chi connectivity index (χ2v) is 11.0. The maximum atomic E-state index is 13.0. The number of rotatable bonds is 13. The first kappa shape index (κ1) is 29.6. The standard InChI is InChI=1S/C30H47N3O3/c1-10-30(11-2,23-14-16-25(22(4)20-23)36-21-27(34)29(5,6)7)26-17-15-24(33(26)12-3)28(35)31-18-13-19-32(8)9/h14-17,20H,10-13,18-19,21H2,1-9H3,(H,31,35). The average Bonchev–Trinajstić information content (AvgIpc) is 3.26. The van der Waals surface area contributed by atoms with Crippen LogP contribution in [0.5, 0.6) is 5.75 Å². The largest absolute Gasteiger partial charge is 0.486 e. The van der Waals surface area contributed by atoms with Gasteiger partial charge in [0.2, 0.25) is 0 Å². The summed E-state index contributed by atoms with van der Waals surface area (Å²) in [6.45, 7) is 16.7. The number of nitrogens with one attached hydrogen (secondary N) is 1. The van der Waals surface area contributed by atoms with Gasteiger partial charge in [-0.3, -0.25) is 9.59 Å². The van der Waals surface area contributed by atoms with Crippen LogP contribution in [0.1, 0.15) is 88.1 Å². The Morgan fingerprint density at radius 1 is 1.03 bits per heavy atom. The molecule has 6 heteroatoms. The second kappa shape index (κ2) is 12.6. The van der Waals surface area contributed by atoms with E-state index in [9.17, 15) is 9.59 Å². The van der Waals surface area contributed by atoms with E-state index in [-0.39, 0.29) is 23.7 Å². The van der Waals surface area contributed by atoms with E-state index < -0.39 is 5.41 Å². The fourth-order valence-electron chi connectivity index (χ4n) is 4.75. The summed E-state index contributed by atoms with van der Waals surface area (Å²) in [6.07, 6.45) is 2.72.